The molecule has 1 aliphatic heterocycles. The van der Waals surface area contributed by atoms with Crippen molar-refractivity contribution in [2.75, 3.05) is 6.61 Å². The molecule has 2 unspecified atom stereocenters. The third-order valence-electron chi connectivity index (χ3n) is 7.45. The number of nitrogens with one attached hydrogen (secondary N) is 1. The Morgan fingerprint density at radius 1 is 0.895 bits per heavy atom. The second kappa shape index (κ2) is 11.8. The molecule has 0 saturated carbocycles. The second-order valence-electron chi connectivity index (χ2n) is 11.9. The quantitative estimate of drug-likeness (QED) is 0.354. The highest BCUT2D eigenvalue weighted by atomic mass is 28.4. The number of nitrogens with zero attached hydrogens (tertiary/aromatic N) is 2. The fourth-order valence-corrected chi connectivity index (χ4v) is 10.2. The van der Waals surface area contributed by atoms with Crippen LogP contribution in [0.4, 0.5) is 0 Å². The molecule has 2 aromatic carbocycles. The lowest BCUT2D eigenvalue weighted by Gasteiger charge is -2.45. The van der Waals surface area contributed by atoms with Crippen LogP contribution in [0, 0.1) is 11.8 Å². The normalized spacial score (nSPS) is 18.3. The highest BCUT2D eigenvalue weighted by molar-refractivity contribution is 6.99. The molecule has 0 radical (unpaired) electrons. The van der Waals surface area contributed by atoms with Crippen LogP contribution < -0.4 is 20.4 Å². The summed E-state index contributed by atoms with van der Waals surface area (Å²) >= 11 is 0. The second-order valence-corrected chi connectivity index (χ2v) is 16.2. The summed E-state index contributed by atoms with van der Waals surface area (Å²) in [6.07, 6.45) is 6.80. The van der Waals surface area contributed by atoms with Crippen molar-refractivity contribution in [3.63, 3.8) is 0 Å². The van der Waals surface area contributed by atoms with Gasteiger partial charge >= 0.3 is 0 Å². The van der Waals surface area contributed by atoms with E-state index in [1.165, 1.54) is 10.4 Å². The van der Waals surface area contributed by atoms with Crippen LogP contribution in [0.5, 0.6) is 5.75 Å². The highest BCUT2D eigenvalue weighted by Crippen LogP contribution is 2.38. The predicted octanol–water partition coefficient (Wildman–Crippen LogP) is 5.82. The first-order chi connectivity index (χ1) is 18.1. The van der Waals surface area contributed by atoms with E-state index in [1.54, 1.807) is 12.4 Å². The monoisotopic (exact) mass is 529 g/mol. The largest absolute Gasteiger partial charge is 0.488 e. The molecule has 1 N–H and O–H groups in total. The Balaban J connectivity index is 1.65. The molecule has 1 aliphatic rings. The van der Waals surface area contributed by atoms with E-state index >= 15 is 0 Å². The molecule has 2 heterocycles. The van der Waals surface area contributed by atoms with Gasteiger partial charge in [-0.1, -0.05) is 101 Å². The number of aromatic nitrogens is 2. The van der Waals surface area contributed by atoms with Crippen molar-refractivity contribution in [2.45, 2.75) is 72.1 Å². The summed E-state index contributed by atoms with van der Waals surface area (Å²) in [6, 6.07) is 21.8. The Bertz CT molecular complexity index is 1150. The molecule has 202 valence electrons. The van der Waals surface area contributed by atoms with E-state index in [9.17, 15) is 0 Å². The minimum absolute atomic E-state index is 0.0638. The average molecular weight is 530 g/mol. The lowest BCUT2D eigenvalue weighted by molar-refractivity contribution is 0.186. The van der Waals surface area contributed by atoms with Crippen molar-refractivity contribution < 1.29 is 9.16 Å². The van der Waals surface area contributed by atoms with Gasteiger partial charge in [-0.15, -0.1) is 0 Å². The van der Waals surface area contributed by atoms with Gasteiger partial charge in [-0.25, -0.2) is 9.97 Å². The van der Waals surface area contributed by atoms with E-state index in [0.717, 1.165) is 12.1 Å². The van der Waals surface area contributed by atoms with Crippen molar-refractivity contribution in [1.29, 1.82) is 0 Å². The topological polar surface area (TPSA) is 56.3 Å². The Morgan fingerprint density at radius 2 is 1.45 bits per heavy atom. The zero-order valence-corrected chi connectivity index (χ0v) is 24.9. The van der Waals surface area contributed by atoms with Gasteiger partial charge in [0.1, 0.15) is 0 Å². The number of hydrogen-bond donors (Lipinski definition) is 1. The van der Waals surface area contributed by atoms with Gasteiger partial charge in [0.2, 0.25) is 0 Å². The van der Waals surface area contributed by atoms with E-state index in [-0.39, 0.29) is 17.2 Å². The summed E-state index contributed by atoms with van der Waals surface area (Å²) in [5, 5.41) is 6.32. The number of ether oxygens (including phenoxy) is 1. The standard InChI is InChI=1S/C32H43N3O2Si/c1-23(2)28-18-19-29(31-33-20-25(21-34-31)37-24(3)4)35-30(28)22-36-38(32(5,6)7,26-14-10-8-11-15-26)27-16-12-9-13-17-27/h8-17,19-21,23-24,28,30,35H,18,22H2,1-7H3. The molecule has 0 amide bonds. The molecular weight excluding hydrogens is 486 g/mol. The van der Waals surface area contributed by atoms with Crippen molar-refractivity contribution in [2.24, 2.45) is 11.8 Å². The molecule has 1 aromatic heterocycles. The summed E-state index contributed by atoms with van der Waals surface area (Å²) in [5.41, 5.74) is 0.967. The molecule has 6 heteroatoms. The maximum absolute atomic E-state index is 7.32. The first-order valence-electron chi connectivity index (χ1n) is 13.8. The fourth-order valence-electron chi connectivity index (χ4n) is 5.61. The molecule has 4 rings (SSSR count). The van der Waals surface area contributed by atoms with Gasteiger partial charge in [0.05, 0.1) is 36.8 Å². The van der Waals surface area contributed by atoms with Crippen LogP contribution in [0.3, 0.4) is 0 Å². The predicted molar refractivity (Wildman–Crippen MR) is 159 cm³/mol. The Kier molecular flexibility index (Phi) is 8.73. The maximum Gasteiger partial charge on any atom is 0.261 e. The molecule has 5 nitrogen and oxygen atoms in total. The fraction of sp³-hybridized carbons (Fsp3) is 0.438. The third-order valence-corrected chi connectivity index (χ3v) is 12.5. The Labute approximate surface area is 229 Å². The zero-order valence-electron chi connectivity index (χ0n) is 23.9. The van der Waals surface area contributed by atoms with Crippen molar-refractivity contribution in [3.05, 3.63) is 85.0 Å². The van der Waals surface area contributed by atoms with Crippen LogP contribution in [-0.4, -0.2) is 37.0 Å². The van der Waals surface area contributed by atoms with Gasteiger partial charge in [-0.2, -0.15) is 0 Å². The van der Waals surface area contributed by atoms with Crippen LogP contribution in [0.1, 0.15) is 60.7 Å². The Morgan fingerprint density at radius 3 is 1.92 bits per heavy atom. The first-order valence-corrected chi connectivity index (χ1v) is 15.7. The smallest absolute Gasteiger partial charge is 0.261 e. The van der Waals surface area contributed by atoms with E-state index in [0.29, 0.717) is 30.0 Å². The highest BCUT2D eigenvalue weighted by Gasteiger charge is 2.50. The molecule has 0 spiro atoms. The third kappa shape index (κ3) is 6.02. The summed E-state index contributed by atoms with van der Waals surface area (Å²) in [4.78, 5) is 9.21. The van der Waals surface area contributed by atoms with Gasteiger partial charge < -0.3 is 14.5 Å². The van der Waals surface area contributed by atoms with Gasteiger partial charge in [0.15, 0.2) is 11.6 Å². The molecule has 38 heavy (non-hydrogen) atoms. The van der Waals surface area contributed by atoms with Crippen molar-refractivity contribution in [1.82, 2.24) is 15.3 Å². The molecule has 0 bridgehead atoms. The van der Waals surface area contributed by atoms with E-state index in [2.05, 4.69) is 117 Å². The van der Waals surface area contributed by atoms with Gasteiger partial charge in [-0.3, -0.25) is 0 Å². The van der Waals surface area contributed by atoms with Crippen molar-refractivity contribution in [3.8, 4) is 5.75 Å². The SMILES string of the molecule is CC(C)Oc1cnc(C2=CCC(C(C)C)C(CO[Si](c3ccccc3)(c3ccccc3)C(C)(C)C)N2)nc1. The van der Waals surface area contributed by atoms with E-state index in [1.807, 2.05) is 13.8 Å². The lowest BCUT2D eigenvalue weighted by atomic mass is 9.83. The van der Waals surface area contributed by atoms with Crippen LogP contribution in [0.15, 0.2) is 79.1 Å². The molecule has 2 atom stereocenters. The summed E-state index contributed by atoms with van der Waals surface area (Å²) < 4.78 is 13.1. The van der Waals surface area contributed by atoms with Crippen LogP contribution in [-0.2, 0) is 4.43 Å². The van der Waals surface area contributed by atoms with Crippen molar-refractivity contribution >= 4 is 24.4 Å². The molecule has 0 saturated heterocycles. The first kappa shape index (κ1) is 28.1. The lowest BCUT2D eigenvalue weighted by Crippen LogP contribution is -2.67. The molecule has 0 aliphatic carbocycles. The molecule has 3 aromatic rings. The summed E-state index contributed by atoms with van der Waals surface area (Å²) in [6.45, 7) is 16.2. The minimum atomic E-state index is -2.63. The maximum atomic E-state index is 7.32. The van der Waals surface area contributed by atoms with Gasteiger partial charge in [-0.05, 0) is 47.5 Å². The zero-order chi connectivity index (χ0) is 27.3. The van der Waals surface area contributed by atoms with Gasteiger partial charge in [0.25, 0.3) is 8.32 Å². The van der Waals surface area contributed by atoms with Crippen LogP contribution >= 0.6 is 0 Å². The number of allylic oxidation sites excluding steroid dienone is 1. The number of benzene rings is 2. The van der Waals surface area contributed by atoms with Gasteiger partial charge in [0, 0.05) is 0 Å². The minimum Gasteiger partial charge on any atom is -0.488 e. The molecular formula is C32H43N3O2Si. The Hall–Kier alpha value is -2.96. The average Bonchev–Trinajstić information content (AvgIpc) is 2.89. The van der Waals surface area contributed by atoms with E-state index in [4.69, 9.17) is 9.16 Å². The number of hydrogen-bond acceptors (Lipinski definition) is 5. The molecule has 0 fully saturated rings. The van der Waals surface area contributed by atoms with Crippen LogP contribution in [0.25, 0.3) is 5.70 Å². The number of rotatable bonds is 9. The van der Waals surface area contributed by atoms with E-state index < -0.39 is 8.32 Å². The summed E-state index contributed by atoms with van der Waals surface area (Å²) in [5.74, 6) is 2.34. The van der Waals surface area contributed by atoms with Crippen LogP contribution in [0.2, 0.25) is 5.04 Å². The summed E-state index contributed by atoms with van der Waals surface area (Å²) in [7, 11) is -2.63.